The van der Waals surface area contributed by atoms with Crippen molar-refractivity contribution in [3.63, 3.8) is 0 Å². The first-order chi connectivity index (χ1) is 39.0. The fourth-order valence-corrected chi connectivity index (χ4v) is 10.4. The van der Waals surface area contributed by atoms with E-state index in [9.17, 15) is 112 Å². The highest BCUT2D eigenvalue weighted by Gasteiger charge is 2.58. The highest BCUT2D eigenvalue weighted by Crippen LogP contribution is 2.38. The summed E-state index contributed by atoms with van der Waals surface area (Å²) in [5.41, 5.74) is 0. The predicted molar refractivity (Wildman–Crippen MR) is 254 cm³/mol. The van der Waals surface area contributed by atoms with Gasteiger partial charge in [-0.2, -0.15) is 12.6 Å². The van der Waals surface area contributed by atoms with Crippen LogP contribution in [0.15, 0.2) is 0 Å². The Bertz CT molecular complexity index is 1890. The molecular formula is C45H78O36S. The Morgan fingerprint density at radius 2 is 0.549 bits per heavy atom. The number of hydrogen-bond acceptors (Lipinski definition) is 37. The fraction of sp³-hybridized carbons (Fsp3) is 1.00. The third-order valence-corrected chi connectivity index (χ3v) is 15.4. The lowest BCUT2D eigenvalue weighted by Crippen LogP contribution is -2.68. The van der Waals surface area contributed by atoms with Gasteiger partial charge in [-0.15, -0.1) is 0 Å². The molecule has 7 fully saturated rings. The fourth-order valence-electron chi connectivity index (χ4n) is 10.3. The maximum atomic E-state index is 11.8. The SMILES string of the molecule is OCC1O[C@@H](O[C@@H]2C(CO[C@@H]3OC(CO)[C@@H](O)[C@H](O)C3O[C@@H]3OC(CO)[C@@H](O[C@@H]4OC(CO)[C@H](O[C@H]5OC(CO)[C@H](O)[C@H](O)C5O)[C@H](O)C4O)[C@H](O)C3O)O[C@H](OCCCS)C(O)[C@H]2O[C@@H]2OC(CO)[C@@H](O)[C@H](O)C2O)C(O)[C@@H](O)[C@@H]1O. The van der Waals surface area contributed by atoms with Crippen LogP contribution in [-0.2, 0) is 66.3 Å². The average Bonchev–Trinajstić information content (AvgIpc) is 2.76. The van der Waals surface area contributed by atoms with Crippen LogP contribution in [0.1, 0.15) is 6.42 Å². The molecule has 0 radical (unpaired) electrons. The molecule has 36 nitrogen and oxygen atoms in total. The molecule has 0 saturated carbocycles. The predicted octanol–water partition coefficient (Wildman–Crippen LogP) is -14.9. The summed E-state index contributed by atoms with van der Waals surface area (Å²) < 4.78 is 80.8. The van der Waals surface area contributed by atoms with Gasteiger partial charge in [0, 0.05) is 0 Å². The van der Waals surface area contributed by atoms with Crippen molar-refractivity contribution < 1.29 is 179 Å². The zero-order chi connectivity index (χ0) is 60.2. The van der Waals surface area contributed by atoms with Gasteiger partial charge in [-0.25, -0.2) is 0 Å². The van der Waals surface area contributed by atoms with Gasteiger partial charge in [0.2, 0.25) is 0 Å². The summed E-state index contributed by atoms with van der Waals surface area (Å²) in [6.45, 7) is -6.91. The van der Waals surface area contributed by atoms with Gasteiger partial charge in [0.1, 0.15) is 171 Å². The standard InChI is InChI=1S/C45H78O36S/c46-4-11-18(52)22(56)28(62)40(70-11)77-34-15(8-50)74-43(31(65)26(34)60)78-35-16(9-51)75-44(32(66)27(35)61)81-38-25(59)21(55)14(7-49)73-45(38)69-10-17-36(79-41-29(63)23(57)19(53)12(5-47)71-41)37(33(67)39(76-17)68-2-1-3-82)80-42-30(64)24(58)20(54)13(6-48)72-42/h11-67,82H,1-10H2/t11?,12?,13?,14?,15?,16?,17?,18-,19+,20+,21+,22-,23-,24-,25-,26+,27+,28?,29?,30?,31?,32?,33?,34-,35+,36+,37+,38?,39-,40+,41-,42-,43-,44-,45+/m0/s1. The van der Waals surface area contributed by atoms with Crippen LogP contribution in [0.5, 0.6) is 0 Å². The quantitative estimate of drug-likeness (QED) is 0.0334. The van der Waals surface area contributed by atoms with Crippen LogP contribution in [0.4, 0.5) is 0 Å². The third-order valence-electron chi connectivity index (χ3n) is 15.1. The second kappa shape index (κ2) is 30.4. The first-order valence-electron chi connectivity index (χ1n) is 26.2. The molecule has 0 aliphatic carbocycles. The number of aliphatic hydroxyl groups is 22. The molecule has 0 bridgehead atoms. The second-order valence-corrected chi connectivity index (χ2v) is 21.0. The van der Waals surface area contributed by atoms with E-state index in [1.165, 1.54) is 0 Å². The lowest BCUT2D eigenvalue weighted by atomic mass is 9.95. The molecule has 0 amide bonds. The van der Waals surface area contributed by atoms with Crippen molar-refractivity contribution in [2.45, 2.75) is 221 Å². The van der Waals surface area contributed by atoms with Crippen molar-refractivity contribution in [1.29, 1.82) is 0 Å². The second-order valence-electron chi connectivity index (χ2n) is 20.5. The summed E-state index contributed by atoms with van der Waals surface area (Å²) in [7, 11) is 0. The highest BCUT2D eigenvalue weighted by atomic mass is 32.1. The number of aliphatic hydroxyl groups excluding tert-OH is 22. The summed E-state index contributed by atoms with van der Waals surface area (Å²) in [4.78, 5) is 0. The summed E-state index contributed by atoms with van der Waals surface area (Å²) in [6, 6.07) is 0. The number of rotatable bonds is 23. The molecule has 7 saturated heterocycles. The molecule has 7 aliphatic rings. The zero-order valence-corrected chi connectivity index (χ0v) is 44.2. The number of hydrogen-bond donors (Lipinski definition) is 23. The lowest BCUT2D eigenvalue weighted by molar-refractivity contribution is -0.399. The van der Waals surface area contributed by atoms with E-state index < -0.39 is 261 Å². The van der Waals surface area contributed by atoms with Crippen LogP contribution in [0.2, 0.25) is 0 Å². The molecule has 0 aromatic carbocycles. The maximum absolute atomic E-state index is 11.8. The van der Waals surface area contributed by atoms with Gasteiger partial charge in [-0.3, -0.25) is 0 Å². The Labute approximate surface area is 470 Å². The van der Waals surface area contributed by atoms with Gasteiger partial charge in [0.15, 0.2) is 44.0 Å². The molecule has 0 aromatic heterocycles. The van der Waals surface area contributed by atoms with Crippen molar-refractivity contribution in [2.75, 3.05) is 58.6 Å². The summed E-state index contributed by atoms with van der Waals surface area (Å²) in [6.07, 6.45) is -67.7. The van der Waals surface area contributed by atoms with E-state index in [1.807, 2.05) is 0 Å². The molecule has 82 heavy (non-hydrogen) atoms. The summed E-state index contributed by atoms with van der Waals surface area (Å²) >= 11 is 4.16. The van der Waals surface area contributed by atoms with E-state index >= 15 is 0 Å². The molecule has 7 heterocycles. The first kappa shape index (κ1) is 68.4. The molecule has 37 heteroatoms. The maximum Gasteiger partial charge on any atom is 0.187 e. The molecule has 0 aromatic rings. The monoisotopic (exact) mass is 1230 g/mol. The van der Waals surface area contributed by atoms with Gasteiger partial charge in [-0.05, 0) is 12.2 Å². The van der Waals surface area contributed by atoms with Gasteiger partial charge in [-0.1, -0.05) is 0 Å². The molecule has 7 rings (SSSR count). The molecule has 35 atom stereocenters. The smallest absolute Gasteiger partial charge is 0.187 e. The third kappa shape index (κ3) is 14.6. The van der Waals surface area contributed by atoms with Crippen LogP contribution in [0.25, 0.3) is 0 Å². The topological polar surface area (TPSA) is 574 Å². The molecular weight excluding hydrogens is 1150 g/mol. The first-order valence-corrected chi connectivity index (χ1v) is 26.9. The Morgan fingerprint density at radius 1 is 0.256 bits per heavy atom. The Kier molecular flexibility index (Phi) is 25.4. The van der Waals surface area contributed by atoms with E-state index in [2.05, 4.69) is 12.6 Å². The van der Waals surface area contributed by atoms with Crippen molar-refractivity contribution in [1.82, 2.24) is 0 Å². The molecule has 0 spiro atoms. The summed E-state index contributed by atoms with van der Waals surface area (Å²) in [5.74, 6) is 0.260. The summed E-state index contributed by atoms with van der Waals surface area (Å²) in [5, 5.41) is 235. The average molecular weight is 1230 g/mol. The molecule has 7 aliphatic heterocycles. The Morgan fingerprint density at radius 3 is 0.927 bits per heavy atom. The Hall–Kier alpha value is -1.09. The minimum absolute atomic E-state index is 0.159. The van der Waals surface area contributed by atoms with Gasteiger partial charge in [0.05, 0.1) is 52.9 Å². The van der Waals surface area contributed by atoms with E-state index in [0.29, 0.717) is 0 Å². The minimum Gasteiger partial charge on any atom is -0.394 e. The van der Waals surface area contributed by atoms with Crippen LogP contribution >= 0.6 is 12.6 Å². The van der Waals surface area contributed by atoms with Gasteiger partial charge in [0.25, 0.3) is 0 Å². The van der Waals surface area contributed by atoms with Crippen molar-refractivity contribution in [3.8, 4) is 0 Å². The van der Waals surface area contributed by atoms with E-state index in [-0.39, 0.29) is 18.8 Å². The zero-order valence-electron chi connectivity index (χ0n) is 43.3. The molecule has 22 N–H and O–H groups in total. The van der Waals surface area contributed by atoms with Gasteiger partial charge < -0.3 is 179 Å². The number of thiol groups is 1. The molecule has 480 valence electrons. The largest absolute Gasteiger partial charge is 0.394 e. The van der Waals surface area contributed by atoms with Crippen LogP contribution < -0.4 is 0 Å². The van der Waals surface area contributed by atoms with Crippen LogP contribution in [0, 0.1) is 0 Å². The van der Waals surface area contributed by atoms with Crippen molar-refractivity contribution in [3.05, 3.63) is 0 Å². The lowest BCUT2D eigenvalue weighted by Gasteiger charge is -2.50. The minimum atomic E-state index is -2.29. The normalized spacial score (nSPS) is 51.5. The van der Waals surface area contributed by atoms with Crippen LogP contribution in [-0.4, -0.2) is 386 Å². The number of ether oxygens (including phenoxy) is 14. The Balaban J connectivity index is 1.11. The van der Waals surface area contributed by atoms with Gasteiger partial charge >= 0.3 is 0 Å². The highest BCUT2D eigenvalue weighted by molar-refractivity contribution is 7.80. The van der Waals surface area contributed by atoms with Crippen molar-refractivity contribution >= 4 is 12.6 Å². The van der Waals surface area contributed by atoms with Crippen molar-refractivity contribution in [2.24, 2.45) is 0 Å². The van der Waals surface area contributed by atoms with E-state index in [0.717, 1.165) is 0 Å². The molecule has 14 unspecified atom stereocenters. The van der Waals surface area contributed by atoms with E-state index in [4.69, 9.17) is 66.3 Å². The van der Waals surface area contributed by atoms with Crippen LogP contribution in [0.3, 0.4) is 0 Å². The van der Waals surface area contributed by atoms with E-state index in [1.54, 1.807) is 0 Å².